The highest BCUT2D eigenvalue weighted by Gasteiger charge is 2.09. The minimum Gasteiger partial charge on any atom is -0.355 e. The average molecular weight is 335 g/mol. The van der Waals surface area contributed by atoms with Crippen molar-refractivity contribution in [3.63, 3.8) is 0 Å². The van der Waals surface area contributed by atoms with E-state index in [9.17, 15) is 9.59 Å². The van der Waals surface area contributed by atoms with Gasteiger partial charge in [0.1, 0.15) is 0 Å². The third-order valence-electron chi connectivity index (χ3n) is 4.29. The van der Waals surface area contributed by atoms with Crippen molar-refractivity contribution >= 4 is 16.8 Å². The van der Waals surface area contributed by atoms with E-state index in [0.29, 0.717) is 24.9 Å². The minimum absolute atomic E-state index is 0.0210. The molecule has 1 amide bonds. The van der Waals surface area contributed by atoms with Gasteiger partial charge in [0.2, 0.25) is 11.3 Å². The molecule has 1 N–H and O–H groups in total. The highest BCUT2D eigenvalue weighted by molar-refractivity contribution is 5.79. The van der Waals surface area contributed by atoms with Crippen LogP contribution in [0.5, 0.6) is 0 Å². The molecule has 3 rings (SSSR count). The fourth-order valence-corrected chi connectivity index (χ4v) is 2.80. The lowest BCUT2D eigenvalue weighted by Gasteiger charge is -2.13. The molecule has 0 unspecified atom stereocenters. The first-order valence-electron chi connectivity index (χ1n) is 8.41. The second kappa shape index (κ2) is 7.75. The van der Waals surface area contributed by atoms with Crippen molar-refractivity contribution in [2.45, 2.75) is 25.8 Å². The van der Waals surface area contributed by atoms with Gasteiger partial charge in [0.05, 0.1) is 18.3 Å². The summed E-state index contributed by atoms with van der Waals surface area (Å²) in [5.74, 6) is 0.240. The van der Waals surface area contributed by atoms with Gasteiger partial charge in [-0.1, -0.05) is 49.4 Å². The van der Waals surface area contributed by atoms with Crippen molar-refractivity contribution in [3.05, 3.63) is 76.6 Å². The average Bonchev–Trinajstić information content (AvgIpc) is 2.66. The number of para-hydroxylation sites is 1. The van der Waals surface area contributed by atoms with Gasteiger partial charge in [-0.15, -0.1) is 0 Å². The Balaban J connectivity index is 1.58. The maximum Gasteiger partial charge on any atom is 0.221 e. The Labute approximate surface area is 146 Å². The van der Waals surface area contributed by atoms with Crippen LogP contribution in [0.4, 0.5) is 0 Å². The third kappa shape index (κ3) is 4.12. The lowest BCUT2D eigenvalue weighted by molar-refractivity contribution is -0.121. The standard InChI is InChI=1S/C20H21N3O2/c1-15(16-7-3-2-4-8-16)13-21-20(25)11-12-23-18-10-6-5-9-17(18)19(24)14-22-23/h2-10,14-15H,11-13H2,1H3,(H,21,25)/t15-/m1/s1. The van der Waals surface area contributed by atoms with Crippen LogP contribution in [0, 0.1) is 0 Å². The van der Waals surface area contributed by atoms with Gasteiger partial charge in [-0.25, -0.2) is 0 Å². The highest BCUT2D eigenvalue weighted by atomic mass is 16.1. The van der Waals surface area contributed by atoms with Crippen LogP contribution in [0.15, 0.2) is 65.6 Å². The smallest absolute Gasteiger partial charge is 0.221 e. The number of benzene rings is 2. The summed E-state index contributed by atoms with van der Waals surface area (Å²) in [5, 5.41) is 7.74. The van der Waals surface area contributed by atoms with E-state index in [0.717, 1.165) is 5.52 Å². The zero-order valence-corrected chi connectivity index (χ0v) is 14.2. The molecule has 0 aliphatic carbocycles. The molecule has 0 spiro atoms. The Morgan fingerprint density at radius 3 is 2.64 bits per heavy atom. The Kier molecular flexibility index (Phi) is 5.23. The molecular formula is C20H21N3O2. The fraction of sp³-hybridized carbons (Fsp3) is 0.250. The lowest BCUT2D eigenvalue weighted by Crippen LogP contribution is -2.28. The molecule has 25 heavy (non-hydrogen) atoms. The van der Waals surface area contributed by atoms with E-state index in [1.165, 1.54) is 11.8 Å². The minimum atomic E-state index is -0.104. The van der Waals surface area contributed by atoms with E-state index in [4.69, 9.17) is 0 Å². The Hall–Kier alpha value is -2.95. The largest absolute Gasteiger partial charge is 0.355 e. The maximum atomic E-state index is 12.1. The molecule has 128 valence electrons. The van der Waals surface area contributed by atoms with Gasteiger partial charge in [-0.3, -0.25) is 14.3 Å². The number of aryl methyl sites for hydroxylation is 1. The van der Waals surface area contributed by atoms with E-state index in [2.05, 4.69) is 29.5 Å². The third-order valence-corrected chi connectivity index (χ3v) is 4.29. The predicted octanol–water partition coefficient (Wildman–Crippen LogP) is 2.71. The lowest BCUT2D eigenvalue weighted by atomic mass is 10.0. The Morgan fingerprint density at radius 1 is 1.12 bits per heavy atom. The molecule has 0 aliphatic rings. The van der Waals surface area contributed by atoms with E-state index in [1.54, 1.807) is 10.7 Å². The van der Waals surface area contributed by atoms with E-state index < -0.39 is 0 Å². The van der Waals surface area contributed by atoms with Gasteiger partial charge in [0, 0.05) is 18.4 Å². The second-order valence-electron chi connectivity index (χ2n) is 6.11. The van der Waals surface area contributed by atoms with Crippen LogP contribution in [0.25, 0.3) is 10.9 Å². The second-order valence-corrected chi connectivity index (χ2v) is 6.11. The topological polar surface area (TPSA) is 64.0 Å². The molecule has 2 aromatic carbocycles. The van der Waals surface area contributed by atoms with Crippen LogP contribution in [0.1, 0.15) is 24.8 Å². The number of rotatable bonds is 6. The molecule has 1 aromatic heterocycles. The van der Waals surface area contributed by atoms with Gasteiger partial charge in [-0.05, 0) is 23.6 Å². The number of nitrogens with one attached hydrogen (secondary N) is 1. The van der Waals surface area contributed by atoms with Gasteiger partial charge in [0.15, 0.2) is 0 Å². The normalized spacial score (nSPS) is 12.0. The summed E-state index contributed by atoms with van der Waals surface area (Å²) in [7, 11) is 0. The summed E-state index contributed by atoms with van der Waals surface area (Å²) in [4.78, 5) is 24.0. The summed E-state index contributed by atoms with van der Waals surface area (Å²) < 4.78 is 1.71. The van der Waals surface area contributed by atoms with E-state index in [1.807, 2.05) is 36.4 Å². The molecule has 1 heterocycles. The quantitative estimate of drug-likeness (QED) is 0.753. The van der Waals surface area contributed by atoms with E-state index in [-0.39, 0.29) is 17.3 Å². The number of nitrogens with zero attached hydrogens (tertiary/aromatic N) is 2. The number of aromatic nitrogens is 2. The summed E-state index contributed by atoms with van der Waals surface area (Å²) in [6.07, 6.45) is 1.62. The first-order chi connectivity index (χ1) is 12.1. The van der Waals surface area contributed by atoms with E-state index >= 15 is 0 Å². The van der Waals surface area contributed by atoms with Crippen molar-refractivity contribution in [1.82, 2.24) is 15.1 Å². The molecule has 0 radical (unpaired) electrons. The molecule has 0 aliphatic heterocycles. The van der Waals surface area contributed by atoms with Crippen LogP contribution < -0.4 is 10.7 Å². The molecule has 5 nitrogen and oxygen atoms in total. The van der Waals surface area contributed by atoms with Crippen LogP contribution >= 0.6 is 0 Å². The molecule has 0 bridgehead atoms. The highest BCUT2D eigenvalue weighted by Crippen LogP contribution is 2.13. The van der Waals surface area contributed by atoms with Crippen LogP contribution in [0.2, 0.25) is 0 Å². The Morgan fingerprint density at radius 2 is 1.84 bits per heavy atom. The number of hydrogen-bond acceptors (Lipinski definition) is 3. The number of fused-ring (bicyclic) bond motifs is 1. The number of carbonyl (C=O) groups is 1. The molecule has 5 heteroatoms. The van der Waals surface area contributed by atoms with Gasteiger partial charge >= 0.3 is 0 Å². The molecule has 0 saturated carbocycles. The number of carbonyl (C=O) groups excluding carboxylic acids is 1. The first-order valence-corrected chi connectivity index (χ1v) is 8.41. The predicted molar refractivity (Wildman–Crippen MR) is 98.5 cm³/mol. The maximum absolute atomic E-state index is 12.1. The summed E-state index contributed by atoms with van der Waals surface area (Å²) >= 11 is 0. The zero-order valence-electron chi connectivity index (χ0n) is 14.2. The summed E-state index contributed by atoms with van der Waals surface area (Å²) in [5.41, 5.74) is 1.85. The number of hydrogen-bond donors (Lipinski definition) is 1. The monoisotopic (exact) mass is 335 g/mol. The van der Waals surface area contributed by atoms with Crippen molar-refractivity contribution in [1.29, 1.82) is 0 Å². The van der Waals surface area contributed by atoms with Gasteiger partial charge in [0.25, 0.3) is 0 Å². The molecule has 1 atom stereocenters. The van der Waals surface area contributed by atoms with Crippen molar-refractivity contribution in [3.8, 4) is 0 Å². The van der Waals surface area contributed by atoms with Crippen molar-refractivity contribution in [2.75, 3.05) is 6.54 Å². The summed E-state index contributed by atoms with van der Waals surface area (Å²) in [6, 6.07) is 17.4. The SMILES string of the molecule is C[C@H](CNC(=O)CCn1ncc(=O)c2ccccc21)c1ccccc1. The zero-order chi connectivity index (χ0) is 17.6. The molecule has 3 aromatic rings. The van der Waals surface area contributed by atoms with Crippen molar-refractivity contribution < 1.29 is 4.79 Å². The molecule has 0 saturated heterocycles. The van der Waals surface area contributed by atoms with Crippen LogP contribution in [-0.4, -0.2) is 22.2 Å². The van der Waals surface area contributed by atoms with Crippen LogP contribution in [0.3, 0.4) is 0 Å². The fourth-order valence-electron chi connectivity index (χ4n) is 2.80. The summed E-state index contributed by atoms with van der Waals surface area (Å²) in [6.45, 7) is 3.12. The molecule has 0 fully saturated rings. The van der Waals surface area contributed by atoms with Crippen molar-refractivity contribution in [2.24, 2.45) is 0 Å². The number of amides is 1. The van der Waals surface area contributed by atoms with Gasteiger partial charge in [-0.2, -0.15) is 5.10 Å². The van der Waals surface area contributed by atoms with Gasteiger partial charge < -0.3 is 5.32 Å². The van der Waals surface area contributed by atoms with Crippen LogP contribution in [-0.2, 0) is 11.3 Å². The first kappa shape index (κ1) is 16.9. The molecular weight excluding hydrogens is 314 g/mol. The Bertz CT molecular complexity index is 919.